The van der Waals surface area contributed by atoms with E-state index >= 15 is 0 Å². The van der Waals surface area contributed by atoms with E-state index in [1.54, 1.807) is 0 Å². The minimum absolute atomic E-state index is 0.136. The number of unbranched alkanes of at least 4 members (excludes halogenated alkanes) is 14. The molecule has 0 fully saturated rings. The van der Waals surface area contributed by atoms with Crippen molar-refractivity contribution >= 4 is 11.9 Å². The van der Waals surface area contributed by atoms with Crippen molar-refractivity contribution in [2.24, 2.45) is 0 Å². The Bertz CT molecular complexity index is 699. The summed E-state index contributed by atoms with van der Waals surface area (Å²) in [5.41, 5.74) is 0. The van der Waals surface area contributed by atoms with E-state index in [-0.39, 0.29) is 25.8 Å². The van der Waals surface area contributed by atoms with E-state index in [1.807, 2.05) is 0 Å². The Balaban J connectivity index is 3.13. The van der Waals surface area contributed by atoms with Gasteiger partial charge in [-0.3, -0.25) is 4.79 Å². The Morgan fingerprint density at radius 3 is 0.902 bits per heavy atom. The zero-order valence-corrected chi connectivity index (χ0v) is 32.1. The minimum atomic E-state index is -0.996. The second-order valence-electron chi connectivity index (χ2n) is 12.3. The number of hydrogen-bond donors (Lipinski definition) is 1. The van der Waals surface area contributed by atoms with Gasteiger partial charge < -0.3 is 52.5 Å². The summed E-state index contributed by atoms with van der Waals surface area (Å²) >= 11 is 0. The third kappa shape index (κ3) is 46.6. The molecule has 0 heterocycles. The van der Waals surface area contributed by atoms with Crippen LogP contribution in [-0.2, 0) is 57.0 Å². The van der Waals surface area contributed by atoms with Gasteiger partial charge in [-0.2, -0.15) is 0 Å². The van der Waals surface area contributed by atoms with E-state index < -0.39 is 5.97 Å². The molecule has 0 radical (unpaired) electrons. The summed E-state index contributed by atoms with van der Waals surface area (Å²) in [6, 6.07) is 0. The Morgan fingerprint density at radius 1 is 0.353 bits per heavy atom. The highest BCUT2D eigenvalue weighted by Crippen LogP contribution is 2.13. The largest absolute Gasteiger partial charge is 0.480 e. The van der Waals surface area contributed by atoms with E-state index in [1.165, 1.54) is 83.5 Å². The van der Waals surface area contributed by atoms with Gasteiger partial charge in [0, 0.05) is 6.42 Å². The van der Waals surface area contributed by atoms with Crippen molar-refractivity contribution in [3.63, 3.8) is 0 Å². The zero-order valence-electron chi connectivity index (χ0n) is 32.1. The predicted octanol–water partition coefficient (Wildman–Crippen LogP) is 6.03. The van der Waals surface area contributed by atoms with Crippen molar-refractivity contribution in [2.45, 2.75) is 110 Å². The van der Waals surface area contributed by atoms with Crippen LogP contribution in [0.15, 0.2) is 0 Å². The third-order valence-corrected chi connectivity index (χ3v) is 7.68. The summed E-state index contributed by atoms with van der Waals surface area (Å²) in [5.74, 6) is -1.13. The summed E-state index contributed by atoms with van der Waals surface area (Å²) in [7, 11) is 0. The first-order chi connectivity index (χ1) is 25.2. The van der Waals surface area contributed by atoms with Crippen molar-refractivity contribution in [1.29, 1.82) is 0 Å². The molecule has 0 aliphatic carbocycles. The lowest BCUT2D eigenvalue weighted by atomic mass is 10.0. The SMILES string of the molecule is CCCCCCCCCCCCCCCCCC(=O)OCCOCCOCCOCCOCCOCCOCCOCCOCCOCC(=O)O. The number of aliphatic carboxylic acids is 1. The number of carbonyl (C=O) groups excluding carboxylic acids is 1. The van der Waals surface area contributed by atoms with Crippen molar-refractivity contribution in [3.8, 4) is 0 Å². The van der Waals surface area contributed by atoms with Crippen LogP contribution in [0.5, 0.6) is 0 Å². The van der Waals surface area contributed by atoms with Gasteiger partial charge in [-0.15, -0.1) is 0 Å². The summed E-state index contributed by atoms with van der Waals surface area (Å²) < 4.78 is 53.5. The smallest absolute Gasteiger partial charge is 0.329 e. The van der Waals surface area contributed by atoms with E-state index in [0.717, 1.165) is 12.8 Å². The number of rotatable bonds is 45. The molecule has 1 N–H and O–H groups in total. The lowest BCUT2D eigenvalue weighted by Crippen LogP contribution is -2.15. The van der Waals surface area contributed by atoms with Gasteiger partial charge in [0.25, 0.3) is 0 Å². The monoisotopic (exact) mass is 739 g/mol. The highest BCUT2D eigenvalue weighted by molar-refractivity contribution is 5.69. The molecule has 0 amide bonds. The summed E-state index contributed by atoms with van der Waals surface area (Å²) in [6.07, 6.45) is 20.2. The molecule has 13 nitrogen and oxygen atoms in total. The van der Waals surface area contributed by atoms with Crippen molar-refractivity contribution < 1.29 is 62.1 Å². The fourth-order valence-electron chi connectivity index (χ4n) is 4.85. The lowest BCUT2D eigenvalue weighted by Gasteiger charge is -2.09. The van der Waals surface area contributed by atoms with Crippen LogP contribution in [0.25, 0.3) is 0 Å². The minimum Gasteiger partial charge on any atom is -0.480 e. The number of carbonyl (C=O) groups is 2. The van der Waals surface area contributed by atoms with Crippen molar-refractivity contribution in [2.75, 3.05) is 126 Å². The maximum absolute atomic E-state index is 11.9. The van der Waals surface area contributed by atoms with Gasteiger partial charge in [-0.05, 0) is 6.42 Å². The molecule has 0 saturated heterocycles. The molecule has 0 rings (SSSR count). The molecule has 0 aliphatic rings. The molecule has 0 aromatic rings. The first-order valence-electron chi connectivity index (χ1n) is 19.7. The Labute approximate surface area is 308 Å². The van der Waals surface area contributed by atoms with Crippen molar-refractivity contribution in [3.05, 3.63) is 0 Å². The third-order valence-electron chi connectivity index (χ3n) is 7.68. The lowest BCUT2D eigenvalue weighted by molar-refractivity contribution is -0.145. The molecule has 51 heavy (non-hydrogen) atoms. The quantitative estimate of drug-likeness (QED) is 0.0574. The average molecular weight is 739 g/mol. The fraction of sp³-hybridized carbons (Fsp3) is 0.947. The van der Waals surface area contributed by atoms with Crippen LogP contribution >= 0.6 is 0 Å². The Kier molecular flexibility index (Phi) is 43.5. The van der Waals surface area contributed by atoms with Gasteiger partial charge in [-0.1, -0.05) is 96.8 Å². The van der Waals surface area contributed by atoms with Crippen LogP contribution in [0.2, 0.25) is 0 Å². The van der Waals surface area contributed by atoms with E-state index in [2.05, 4.69) is 6.92 Å². The number of esters is 1. The van der Waals surface area contributed by atoms with Crippen LogP contribution in [0.4, 0.5) is 0 Å². The average Bonchev–Trinajstić information content (AvgIpc) is 3.12. The van der Waals surface area contributed by atoms with Crippen LogP contribution in [0, 0.1) is 0 Å². The molecule has 0 saturated carbocycles. The molecular formula is C38H74O13. The molecular weight excluding hydrogens is 664 g/mol. The predicted molar refractivity (Wildman–Crippen MR) is 196 cm³/mol. The summed E-state index contributed by atoms with van der Waals surface area (Å²) in [5, 5.41) is 8.43. The molecule has 0 atom stereocenters. The first-order valence-corrected chi connectivity index (χ1v) is 19.7. The van der Waals surface area contributed by atoms with E-state index in [0.29, 0.717) is 112 Å². The van der Waals surface area contributed by atoms with E-state index in [9.17, 15) is 9.59 Å². The van der Waals surface area contributed by atoms with Crippen LogP contribution in [0.1, 0.15) is 110 Å². The fourth-order valence-corrected chi connectivity index (χ4v) is 4.85. The number of carboxylic acid groups (broad SMARTS) is 1. The number of ether oxygens (including phenoxy) is 10. The molecule has 0 unspecified atom stereocenters. The van der Waals surface area contributed by atoms with Crippen LogP contribution < -0.4 is 0 Å². The number of carboxylic acids is 1. The number of hydrogen-bond acceptors (Lipinski definition) is 12. The van der Waals surface area contributed by atoms with Gasteiger partial charge in [0.1, 0.15) is 13.2 Å². The summed E-state index contributed by atoms with van der Waals surface area (Å²) in [6.45, 7) is 9.70. The van der Waals surface area contributed by atoms with Crippen molar-refractivity contribution in [1.82, 2.24) is 0 Å². The molecule has 0 aliphatic heterocycles. The molecule has 0 spiro atoms. The standard InChI is InChI=1S/C38H74O13/c1-2-3-4-5-6-7-8-9-10-11-12-13-14-15-16-17-38(41)51-35-34-49-31-30-47-27-26-45-23-22-43-19-18-42-20-21-44-24-25-46-28-29-48-32-33-50-36-37(39)40/h2-36H2,1H3,(H,39,40). The molecule has 0 bridgehead atoms. The maximum Gasteiger partial charge on any atom is 0.329 e. The Hall–Kier alpha value is -1.42. The van der Waals surface area contributed by atoms with E-state index in [4.69, 9.17) is 52.5 Å². The normalized spacial score (nSPS) is 11.4. The second-order valence-corrected chi connectivity index (χ2v) is 12.3. The first kappa shape index (κ1) is 49.6. The second kappa shape index (κ2) is 44.7. The van der Waals surface area contributed by atoms with Gasteiger partial charge in [-0.25, -0.2) is 4.79 Å². The molecule has 0 aromatic carbocycles. The highest BCUT2D eigenvalue weighted by Gasteiger charge is 2.03. The maximum atomic E-state index is 11.9. The topological polar surface area (TPSA) is 147 Å². The molecule has 0 aromatic heterocycles. The molecule has 13 heteroatoms. The summed E-state index contributed by atoms with van der Waals surface area (Å²) in [4.78, 5) is 22.2. The zero-order chi connectivity index (χ0) is 37.0. The van der Waals surface area contributed by atoms with Crippen LogP contribution in [0.3, 0.4) is 0 Å². The highest BCUT2D eigenvalue weighted by atomic mass is 16.6. The Morgan fingerprint density at radius 2 is 0.608 bits per heavy atom. The molecule has 304 valence electrons. The van der Waals surface area contributed by atoms with Crippen LogP contribution in [-0.4, -0.2) is 143 Å². The van der Waals surface area contributed by atoms with Gasteiger partial charge in [0.15, 0.2) is 0 Å². The van der Waals surface area contributed by atoms with Gasteiger partial charge in [0.05, 0.1) is 112 Å². The van der Waals surface area contributed by atoms with Gasteiger partial charge in [0.2, 0.25) is 0 Å². The van der Waals surface area contributed by atoms with Gasteiger partial charge >= 0.3 is 11.9 Å².